The van der Waals surface area contributed by atoms with Gasteiger partial charge in [-0.25, -0.2) is 0 Å². The molecule has 0 bridgehead atoms. The van der Waals surface area contributed by atoms with Crippen LogP contribution in [0.25, 0.3) is 0 Å². The zero-order chi connectivity index (χ0) is 12.2. The van der Waals surface area contributed by atoms with Gasteiger partial charge in [0.1, 0.15) is 5.75 Å². The lowest BCUT2D eigenvalue weighted by molar-refractivity contribution is 0.322. The van der Waals surface area contributed by atoms with E-state index in [0.29, 0.717) is 5.76 Å². The number of hydrogen-bond acceptors (Lipinski definition) is 3. The van der Waals surface area contributed by atoms with Crippen LogP contribution in [0.1, 0.15) is 12.0 Å². The maximum Gasteiger partial charge on any atom is 0.161 e. The Morgan fingerprint density at radius 3 is 3.06 bits per heavy atom. The van der Waals surface area contributed by atoms with Crippen molar-refractivity contribution >= 4 is 6.21 Å². The lowest BCUT2D eigenvalue weighted by Crippen LogP contribution is -2.33. The van der Waals surface area contributed by atoms with E-state index in [9.17, 15) is 5.11 Å². The van der Waals surface area contributed by atoms with Crippen LogP contribution in [-0.2, 0) is 5.41 Å². The summed E-state index contributed by atoms with van der Waals surface area (Å²) in [7, 11) is 0. The van der Waals surface area contributed by atoms with Crippen molar-refractivity contribution in [3.8, 4) is 5.75 Å². The molecule has 3 heteroatoms. The molecule has 88 valence electrons. The molecular formula is C15H11NO2. The number of benzene rings is 1. The Balaban J connectivity index is 2.07. The van der Waals surface area contributed by atoms with Gasteiger partial charge in [-0.1, -0.05) is 24.3 Å². The predicted molar refractivity (Wildman–Crippen MR) is 68.7 cm³/mol. The molecule has 1 spiro atoms. The number of nitrogens with zero attached hydrogens (tertiary/aromatic N) is 1. The van der Waals surface area contributed by atoms with E-state index in [1.54, 1.807) is 6.08 Å². The summed E-state index contributed by atoms with van der Waals surface area (Å²) in [6, 6.07) is 7.94. The molecule has 1 N–H and O–H groups in total. The van der Waals surface area contributed by atoms with Gasteiger partial charge in [-0.05, 0) is 17.7 Å². The summed E-state index contributed by atoms with van der Waals surface area (Å²) in [5.41, 5.74) is 1.80. The van der Waals surface area contributed by atoms with Crippen molar-refractivity contribution in [3.63, 3.8) is 0 Å². The molecule has 18 heavy (non-hydrogen) atoms. The van der Waals surface area contributed by atoms with Gasteiger partial charge in [0.2, 0.25) is 0 Å². The molecule has 0 radical (unpaired) electrons. The fraction of sp³-hybridized carbons (Fsp3) is 0.133. The summed E-state index contributed by atoms with van der Waals surface area (Å²) >= 11 is 0. The monoisotopic (exact) mass is 237 g/mol. The van der Waals surface area contributed by atoms with Crippen molar-refractivity contribution in [3.05, 3.63) is 65.3 Å². The normalized spacial score (nSPS) is 27.2. The van der Waals surface area contributed by atoms with Crippen molar-refractivity contribution < 1.29 is 9.84 Å². The molecule has 0 amide bonds. The van der Waals surface area contributed by atoms with Gasteiger partial charge in [0, 0.05) is 24.4 Å². The molecule has 0 saturated heterocycles. The van der Waals surface area contributed by atoms with Crippen molar-refractivity contribution in [2.24, 2.45) is 4.99 Å². The zero-order valence-corrected chi connectivity index (χ0v) is 9.63. The summed E-state index contributed by atoms with van der Waals surface area (Å²) in [5.74, 6) is 1.66. The second-order valence-corrected chi connectivity index (χ2v) is 4.67. The fourth-order valence-electron chi connectivity index (χ4n) is 2.97. The summed E-state index contributed by atoms with van der Waals surface area (Å²) in [5, 5.41) is 10.1. The van der Waals surface area contributed by atoms with Crippen LogP contribution in [0.15, 0.2) is 64.7 Å². The summed E-state index contributed by atoms with van der Waals surface area (Å²) < 4.78 is 5.86. The fourth-order valence-corrected chi connectivity index (χ4v) is 2.97. The molecule has 3 nitrogen and oxygen atoms in total. The van der Waals surface area contributed by atoms with Gasteiger partial charge in [0.15, 0.2) is 11.5 Å². The van der Waals surface area contributed by atoms with Crippen LogP contribution in [0.5, 0.6) is 5.75 Å². The molecule has 3 aliphatic rings. The lowest BCUT2D eigenvalue weighted by Gasteiger charge is -2.33. The molecule has 2 aliphatic heterocycles. The maximum absolute atomic E-state index is 10.1. The van der Waals surface area contributed by atoms with Crippen molar-refractivity contribution in [2.45, 2.75) is 11.8 Å². The summed E-state index contributed by atoms with van der Waals surface area (Å²) in [4.78, 5) is 4.22. The molecule has 0 fully saturated rings. The van der Waals surface area contributed by atoms with Crippen LogP contribution in [0.4, 0.5) is 0 Å². The molecule has 1 aromatic rings. The number of para-hydroxylation sites is 1. The van der Waals surface area contributed by atoms with E-state index in [-0.39, 0.29) is 11.2 Å². The number of fused-ring (bicyclic) bond motifs is 1. The second kappa shape index (κ2) is 3.13. The number of rotatable bonds is 0. The first-order valence-corrected chi connectivity index (χ1v) is 5.94. The highest BCUT2D eigenvalue weighted by Crippen LogP contribution is 2.55. The molecular weight excluding hydrogens is 226 g/mol. The third-order valence-corrected chi connectivity index (χ3v) is 3.81. The first-order chi connectivity index (χ1) is 8.82. The Morgan fingerprint density at radius 2 is 2.11 bits per heavy atom. The number of aliphatic hydroxyl groups excluding tert-OH is 1. The smallest absolute Gasteiger partial charge is 0.161 e. The van der Waals surface area contributed by atoms with Crippen LogP contribution >= 0.6 is 0 Å². The minimum absolute atomic E-state index is 0.207. The van der Waals surface area contributed by atoms with Gasteiger partial charge in [-0.2, -0.15) is 0 Å². The summed E-state index contributed by atoms with van der Waals surface area (Å²) in [6.07, 6.45) is 8.03. The highest BCUT2D eigenvalue weighted by atomic mass is 16.5. The number of ether oxygens (including phenoxy) is 1. The quantitative estimate of drug-likeness (QED) is 0.753. The lowest BCUT2D eigenvalue weighted by atomic mass is 9.69. The average molecular weight is 237 g/mol. The number of hydrogen-bond donors (Lipinski definition) is 1. The molecule has 1 atom stereocenters. The third kappa shape index (κ3) is 0.973. The van der Waals surface area contributed by atoms with E-state index >= 15 is 0 Å². The molecule has 1 unspecified atom stereocenters. The van der Waals surface area contributed by atoms with Gasteiger partial charge >= 0.3 is 0 Å². The molecule has 0 aromatic heterocycles. The summed E-state index contributed by atoms with van der Waals surface area (Å²) in [6.45, 7) is 0. The number of aliphatic imine (C=N–C) groups is 1. The largest absolute Gasteiger partial charge is 0.504 e. The van der Waals surface area contributed by atoms with Crippen LogP contribution in [0, 0.1) is 0 Å². The average Bonchev–Trinajstić information content (AvgIpc) is 2.75. The van der Waals surface area contributed by atoms with E-state index < -0.39 is 0 Å². The molecule has 2 heterocycles. The SMILES string of the molecule is OC1=C2Oc3ccccc3C23CC=NC=C3C=C1. The first kappa shape index (κ1) is 9.71. The van der Waals surface area contributed by atoms with Crippen molar-refractivity contribution in [2.75, 3.05) is 0 Å². The zero-order valence-electron chi connectivity index (χ0n) is 9.63. The number of allylic oxidation sites excluding steroid dienone is 3. The van der Waals surface area contributed by atoms with Crippen LogP contribution < -0.4 is 4.74 Å². The van der Waals surface area contributed by atoms with Gasteiger partial charge in [-0.15, -0.1) is 0 Å². The standard InChI is InChI=1S/C15H11NO2/c17-12-6-5-10-9-16-8-7-15(10)11-3-1-2-4-13(11)18-14(12)15/h1-6,8-9,17H,7H2. The first-order valence-electron chi connectivity index (χ1n) is 5.94. The Morgan fingerprint density at radius 1 is 1.22 bits per heavy atom. The van der Waals surface area contributed by atoms with Gasteiger partial charge in [0.25, 0.3) is 0 Å². The predicted octanol–water partition coefficient (Wildman–Crippen LogP) is 3.01. The molecule has 0 saturated carbocycles. The minimum atomic E-state index is -0.378. The van der Waals surface area contributed by atoms with Crippen molar-refractivity contribution in [1.82, 2.24) is 0 Å². The third-order valence-electron chi connectivity index (χ3n) is 3.81. The minimum Gasteiger partial charge on any atom is -0.504 e. The molecule has 1 aliphatic carbocycles. The molecule has 1 aromatic carbocycles. The second-order valence-electron chi connectivity index (χ2n) is 4.67. The van der Waals surface area contributed by atoms with E-state index in [4.69, 9.17) is 4.74 Å². The highest BCUT2D eigenvalue weighted by Gasteiger charge is 2.50. The maximum atomic E-state index is 10.1. The number of aliphatic hydroxyl groups is 1. The van der Waals surface area contributed by atoms with Gasteiger partial charge < -0.3 is 9.84 Å². The Bertz CT molecular complexity index is 667. The van der Waals surface area contributed by atoms with E-state index in [1.807, 2.05) is 36.7 Å². The molecule has 4 rings (SSSR count). The van der Waals surface area contributed by atoms with E-state index in [2.05, 4.69) is 11.1 Å². The Kier molecular flexibility index (Phi) is 1.69. The topological polar surface area (TPSA) is 41.8 Å². The van der Waals surface area contributed by atoms with E-state index in [0.717, 1.165) is 23.3 Å². The van der Waals surface area contributed by atoms with Crippen LogP contribution in [0.3, 0.4) is 0 Å². The van der Waals surface area contributed by atoms with Gasteiger partial charge in [-0.3, -0.25) is 4.99 Å². The Hall–Kier alpha value is -2.29. The van der Waals surface area contributed by atoms with Crippen LogP contribution in [-0.4, -0.2) is 11.3 Å². The van der Waals surface area contributed by atoms with Crippen LogP contribution in [0.2, 0.25) is 0 Å². The van der Waals surface area contributed by atoms with Crippen molar-refractivity contribution in [1.29, 1.82) is 0 Å². The van der Waals surface area contributed by atoms with E-state index in [1.165, 1.54) is 0 Å². The van der Waals surface area contributed by atoms with Gasteiger partial charge in [0.05, 0.1) is 5.41 Å². The highest BCUT2D eigenvalue weighted by molar-refractivity contribution is 5.74. The Labute approximate surface area is 104 Å².